The molecule has 2 rings (SSSR count). The summed E-state index contributed by atoms with van der Waals surface area (Å²) in [4.78, 5) is 14.3. The Morgan fingerprint density at radius 3 is 2.35 bits per heavy atom. The van der Waals surface area contributed by atoms with E-state index in [9.17, 15) is 4.79 Å². The molecule has 0 aromatic heterocycles. The summed E-state index contributed by atoms with van der Waals surface area (Å²) in [5, 5.41) is 3.74. The highest BCUT2D eigenvalue weighted by molar-refractivity contribution is 6.39. The molecule has 0 spiro atoms. The molecule has 1 heterocycles. The molecular weight excluding hydrogens is 295 g/mol. The monoisotopic (exact) mass is 314 g/mol. The molecule has 2 atom stereocenters. The Labute approximate surface area is 130 Å². The van der Waals surface area contributed by atoms with Gasteiger partial charge in [0.2, 0.25) is 5.91 Å². The topological polar surface area (TPSA) is 32.3 Å². The van der Waals surface area contributed by atoms with Crippen LogP contribution in [0.25, 0.3) is 0 Å². The highest BCUT2D eigenvalue weighted by Gasteiger charge is 2.23. The molecule has 1 aromatic rings. The molecule has 0 bridgehead atoms. The van der Waals surface area contributed by atoms with Gasteiger partial charge < -0.3 is 5.32 Å². The van der Waals surface area contributed by atoms with Gasteiger partial charge in [0.1, 0.15) is 0 Å². The minimum Gasteiger partial charge on any atom is -0.322 e. The third kappa shape index (κ3) is 4.11. The van der Waals surface area contributed by atoms with Crippen molar-refractivity contribution in [2.75, 3.05) is 25.0 Å². The van der Waals surface area contributed by atoms with Crippen molar-refractivity contribution >= 4 is 34.8 Å². The van der Waals surface area contributed by atoms with Crippen LogP contribution in [0.5, 0.6) is 0 Å². The van der Waals surface area contributed by atoms with Crippen LogP contribution in [0.1, 0.15) is 20.3 Å². The predicted molar refractivity (Wildman–Crippen MR) is 84.5 cm³/mol. The molecule has 1 aliphatic heterocycles. The smallest absolute Gasteiger partial charge is 0.238 e. The fourth-order valence-corrected chi connectivity index (χ4v) is 3.41. The van der Waals surface area contributed by atoms with E-state index in [4.69, 9.17) is 23.2 Å². The molecule has 0 unspecified atom stereocenters. The standard InChI is InChI=1S/C15H20Cl2N2O/c1-10-6-11(2)8-19(7-10)9-14(20)18-15-12(16)4-3-5-13(15)17/h3-5,10-11H,6-9H2,1-2H3,(H,18,20)/t10-,11-/m0/s1. The average molecular weight is 315 g/mol. The molecule has 1 amide bonds. The van der Waals surface area contributed by atoms with Crippen LogP contribution in [0, 0.1) is 11.8 Å². The van der Waals surface area contributed by atoms with E-state index in [1.165, 1.54) is 6.42 Å². The molecule has 110 valence electrons. The number of halogens is 2. The highest BCUT2D eigenvalue weighted by atomic mass is 35.5. The minimum atomic E-state index is -0.0682. The summed E-state index contributed by atoms with van der Waals surface area (Å²) < 4.78 is 0. The lowest BCUT2D eigenvalue weighted by Crippen LogP contribution is -2.42. The summed E-state index contributed by atoms with van der Waals surface area (Å²) in [5.74, 6) is 1.20. The van der Waals surface area contributed by atoms with Crippen LogP contribution in [-0.2, 0) is 4.79 Å². The van der Waals surface area contributed by atoms with E-state index in [0.717, 1.165) is 13.1 Å². The number of carbonyl (C=O) groups excluding carboxylic acids is 1. The number of piperidine rings is 1. The maximum absolute atomic E-state index is 12.1. The molecule has 0 saturated carbocycles. The van der Waals surface area contributed by atoms with Crippen LogP contribution in [0.3, 0.4) is 0 Å². The molecule has 0 aliphatic carbocycles. The van der Waals surface area contributed by atoms with Crippen LogP contribution in [0.4, 0.5) is 5.69 Å². The number of hydrogen-bond acceptors (Lipinski definition) is 2. The number of rotatable bonds is 3. The largest absolute Gasteiger partial charge is 0.322 e. The van der Waals surface area contributed by atoms with Gasteiger partial charge in [0.05, 0.1) is 22.3 Å². The maximum atomic E-state index is 12.1. The summed E-state index contributed by atoms with van der Waals surface area (Å²) in [6.07, 6.45) is 1.23. The molecular formula is C15H20Cl2N2O. The predicted octanol–water partition coefficient (Wildman–Crippen LogP) is 3.91. The number of para-hydroxylation sites is 1. The second-order valence-corrected chi connectivity index (χ2v) is 6.60. The van der Waals surface area contributed by atoms with E-state index < -0.39 is 0 Å². The first-order valence-corrected chi connectivity index (χ1v) is 7.67. The van der Waals surface area contributed by atoms with Gasteiger partial charge in [0, 0.05) is 13.1 Å². The summed E-state index contributed by atoms with van der Waals surface area (Å²) >= 11 is 12.1. The van der Waals surface area contributed by atoms with Crippen LogP contribution in [-0.4, -0.2) is 30.4 Å². The summed E-state index contributed by atoms with van der Waals surface area (Å²) in [6.45, 7) is 6.77. The molecule has 1 aliphatic rings. The lowest BCUT2D eigenvalue weighted by Gasteiger charge is -2.34. The van der Waals surface area contributed by atoms with Crippen molar-refractivity contribution in [2.24, 2.45) is 11.8 Å². The van der Waals surface area contributed by atoms with Crippen LogP contribution < -0.4 is 5.32 Å². The van der Waals surface area contributed by atoms with Gasteiger partial charge in [-0.25, -0.2) is 0 Å². The van der Waals surface area contributed by atoms with E-state index in [2.05, 4.69) is 24.1 Å². The van der Waals surface area contributed by atoms with E-state index in [1.54, 1.807) is 18.2 Å². The summed E-state index contributed by atoms with van der Waals surface area (Å²) in [5.41, 5.74) is 0.499. The maximum Gasteiger partial charge on any atom is 0.238 e. The van der Waals surface area contributed by atoms with Crippen molar-refractivity contribution < 1.29 is 4.79 Å². The Balaban J connectivity index is 1.95. The van der Waals surface area contributed by atoms with Crippen LogP contribution >= 0.6 is 23.2 Å². The molecule has 3 nitrogen and oxygen atoms in total. The zero-order chi connectivity index (χ0) is 14.7. The molecule has 1 aromatic carbocycles. The first-order chi connectivity index (χ1) is 9.45. The van der Waals surface area contributed by atoms with Gasteiger partial charge in [0.25, 0.3) is 0 Å². The van der Waals surface area contributed by atoms with Gasteiger partial charge in [-0.05, 0) is 30.4 Å². The van der Waals surface area contributed by atoms with Crippen LogP contribution in [0.15, 0.2) is 18.2 Å². The van der Waals surface area contributed by atoms with E-state index in [1.807, 2.05) is 0 Å². The number of hydrogen-bond donors (Lipinski definition) is 1. The third-order valence-electron chi connectivity index (χ3n) is 3.54. The number of nitrogens with zero attached hydrogens (tertiary/aromatic N) is 1. The Morgan fingerprint density at radius 2 is 1.80 bits per heavy atom. The first kappa shape index (κ1) is 15.6. The minimum absolute atomic E-state index is 0.0682. The Kier molecular flexibility index (Phi) is 5.30. The molecule has 5 heteroatoms. The third-order valence-corrected chi connectivity index (χ3v) is 4.17. The number of likely N-dealkylation sites (tertiary alicyclic amines) is 1. The number of carbonyl (C=O) groups is 1. The number of benzene rings is 1. The van der Waals surface area contributed by atoms with Crippen molar-refractivity contribution in [2.45, 2.75) is 20.3 Å². The quantitative estimate of drug-likeness (QED) is 0.917. The average Bonchev–Trinajstić information content (AvgIpc) is 2.32. The highest BCUT2D eigenvalue weighted by Crippen LogP contribution is 2.29. The number of anilines is 1. The normalized spacial score (nSPS) is 23.6. The first-order valence-electron chi connectivity index (χ1n) is 6.92. The summed E-state index contributed by atoms with van der Waals surface area (Å²) in [7, 11) is 0. The Bertz CT molecular complexity index is 463. The van der Waals surface area contributed by atoms with Gasteiger partial charge in [-0.1, -0.05) is 43.1 Å². The van der Waals surface area contributed by atoms with Gasteiger partial charge in [-0.2, -0.15) is 0 Å². The van der Waals surface area contributed by atoms with E-state index in [-0.39, 0.29) is 5.91 Å². The van der Waals surface area contributed by atoms with Gasteiger partial charge in [-0.15, -0.1) is 0 Å². The molecule has 1 saturated heterocycles. The SMILES string of the molecule is C[C@H]1C[C@H](C)CN(CC(=O)Nc2c(Cl)cccc2Cl)C1. The Hall–Kier alpha value is -0.770. The lowest BCUT2D eigenvalue weighted by atomic mass is 9.92. The summed E-state index contributed by atoms with van der Waals surface area (Å²) in [6, 6.07) is 5.19. The molecule has 1 N–H and O–H groups in total. The zero-order valence-corrected chi connectivity index (χ0v) is 13.3. The van der Waals surface area contributed by atoms with Crippen LogP contribution in [0.2, 0.25) is 10.0 Å². The second kappa shape index (κ2) is 6.79. The lowest BCUT2D eigenvalue weighted by molar-refractivity contribution is -0.117. The van der Waals surface area contributed by atoms with Crippen molar-refractivity contribution in [3.05, 3.63) is 28.2 Å². The van der Waals surface area contributed by atoms with E-state index >= 15 is 0 Å². The van der Waals surface area contributed by atoms with Gasteiger partial charge >= 0.3 is 0 Å². The van der Waals surface area contributed by atoms with Crippen molar-refractivity contribution in [1.29, 1.82) is 0 Å². The zero-order valence-electron chi connectivity index (χ0n) is 11.8. The van der Waals surface area contributed by atoms with Gasteiger partial charge in [0.15, 0.2) is 0 Å². The fraction of sp³-hybridized carbons (Fsp3) is 0.533. The van der Waals surface area contributed by atoms with Crippen molar-refractivity contribution in [1.82, 2.24) is 4.90 Å². The molecule has 1 fully saturated rings. The number of nitrogens with one attached hydrogen (secondary N) is 1. The van der Waals surface area contributed by atoms with E-state index in [0.29, 0.717) is 34.1 Å². The van der Waals surface area contributed by atoms with Crippen molar-refractivity contribution in [3.8, 4) is 0 Å². The second-order valence-electron chi connectivity index (χ2n) is 5.78. The fourth-order valence-electron chi connectivity index (χ4n) is 2.92. The Morgan fingerprint density at radius 1 is 1.25 bits per heavy atom. The number of amides is 1. The molecule has 20 heavy (non-hydrogen) atoms. The van der Waals surface area contributed by atoms with Crippen molar-refractivity contribution in [3.63, 3.8) is 0 Å². The van der Waals surface area contributed by atoms with Gasteiger partial charge in [-0.3, -0.25) is 9.69 Å². The molecule has 0 radical (unpaired) electrons.